The molecule has 2 aromatic heterocycles. The first-order valence-corrected chi connectivity index (χ1v) is 21.1. The fourth-order valence-electron chi connectivity index (χ4n) is 10.0. The van der Waals surface area contributed by atoms with Crippen LogP contribution in [0.4, 0.5) is 0 Å². The number of oxime groups is 1. The molecule has 59 heavy (non-hydrogen) atoms. The largest absolute Gasteiger partial charge is 0.459 e. The molecule has 15 nitrogen and oxygen atoms in total. The van der Waals surface area contributed by atoms with E-state index in [0.29, 0.717) is 42.1 Å². The van der Waals surface area contributed by atoms with Crippen LogP contribution in [0.3, 0.4) is 0 Å². The Morgan fingerprint density at radius 3 is 2.44 bits per heavy atom. The van der Waals surface area contributed by atoms with Crippen molar-refractivity contribution in [3.05, 3.63) is 36.3 Å². The number of epoxide rings is 1. The molecule has 324 valence electrons. The third kappa shape index (κ3) is 8.95. The smallest absolute Gasteiger partial charge is 0.316 e. The Bertz CT molecular complexity index is 1880. The number of ether oxygens (including phenoxy) is 4. The Kier molecular flexibility index (Phi) is 13.3. The Morgan fingerprint density at radius 2 is 1.81 bits per heavy atom. The maximum Gasteiger partial charge on any atom is 0.316 e. The molecule has 1 amide bonds. The third-order valence-corrected chi connectivity index (χ3v) is 13.6. The lowest BCUT2D eigenvalue weighted by atomic mass is 9.67. The number of carbonyl (C=O) groups excluding carboxylic acids is 3. The van der Waals surface area contributed by atoms with E-state index >= 15 is 0 Å². The zero-order chi connectivity index (χ0) is 43.0. The van der Waals surface area contributed by atoms with Gasteiger partial charge in [-0.1, -0.05) is 38.0 Å². The number of carbonyl (C=O) groups is 3. The van der Waals surface area contributed by atoms with Crippen molar-refractivity contribution < 1.29 is 47.8 Å². The molecule has 4 fully saturated rings. The first-order chi connectivity index (χ1) is 27.8. The number of amides is 1. The number of rotatable bonds is 8. The molecule has 15 heteroatoms. The SMILES string of the molecule is CC[C@H]1OC(=O)[C@H](C)C(=O)[C@H](C)[C@@H](O[C@H]2C[C@@H](N(C)C)C[C@@H](C)O2)[C@]2(C)OC23C/C(=N/OCc2ccc(-c4ccno4)cn2)CC[C@H]([C@@H](C)C(=NC(C)=O)[C@@H]3C)[C@]1(C)O. The van der Waals surface area contributed by atoms with E-state index in [1.54, 1.807) is 39.2 Å². The lowest BCUT2D eigenvalue weighted by Crippen LogP contribution is -2.55. The topological polar surface area (TPSA) is 188 Å². The summed E-state index contributed by atoms with van der Waals surface area (Å²) in [7, 11) is 4.05. The maximum absolute atomic E-state index is 14.5. The van der Waals surface area contributed by atoms with E-state index in [4.69, 9.17) is 33.5 Å². The highest BCUT2D eigenvalue weighted by atomic mass is 16.7. The summed E-state index contributed by atoms with van der Waals surface area (Å²) < 4.78 is 31.8. The molecule has 13 atom stereocenters. The lowest BCUT2D eigenvalue weighted by molar-refractivity contribution is -0.238. The van der Waals surface area contributed by atoms with Gasteiger partial charge >= 0.3 is 5.97 Å². The van der Waals surface area contributed by atoms with Crippen molar-refractivity contribution in [3.8, 4) is 11.3 Å². The summed E-state index contributed by atoms with van der Waals surface area (Å²) in [4.78, 5) is 58.8. The van der Waals surface area contributed by atoms with Crippen LogP contribution in [-0.2, 0) is 44.8 Å². The Balaban J connectivity index is 1.46. The highest BCUT2D eigenvalue weighted by Gasteiger charge is 2.76. The van der Waals surface area contributed by atoms with Crippen LogP contribution in [0.1, 0.15) is 107 Å². The minimum atomic E-state index is -1.60. The molecule has 1 unspecified atom stereocenters. The predicted octanol–water partition coefficient (Wildman–Crippen LogP) is 5.96. The number of hydrogen-bond acceptors (Lipinski definition) is 14. The van der Waals surface area contributed by atoms with Crippen LogP contribution in [0, 0.1) is 29.6 Å². The molecule has 1 aliphatic carbocycles. The highest BCUT2D eigenvalue weighted by Crippen LogP contribution is 2.61. The zero-order valence-electron chi connectivity index (χ0n) is 36.5. The van der Waals surface area contributed by atoms with Crippen LogP contribution in [0.2, 0.25) is 0 Å². The zero-order valence-corrected chi connectivity index (χ0v) is 36.5. The monoisotopic (exact) mass is 821 g/mol. The van der Waals surface area contributed by atoms with E-state index in [1.807, 2.05) is 60.8 Å². The summed E-state index contributed by atoms with van der Waals surface area (Å²) in [5.41, 5.74) is -1.27. The molecule has 3 saturated heterocycles. The first-order valence-electron chi connectivity index (χ1n) is 21.1. The van der Waals surface area contributed by atoms with Gasteiger partial charge in [-0.3, -0.25) is 19.4 Å². The van der Waals surface area contributed by atoms with Crippen molar-refractivity contribution >= 4 is 29.1 Å². The molecule has 6 rings (SSSR count). The van der Waals surface area contributed by atoms with Gasteiger partial charge < -0.3 is 38.3 Å². The van der Waals surface area contributed by atoms with Crippen LogP contribution in [0.5, 0.6) is 0 Å². The van der Waals surface area contributed by atoms with Gasteiger partial charge in [-0.15, -0.1) is 0 Å². The summed E-state index contributed by atoms with van der Waals surface area (Å²) in [5.74, 6) is -4.50. The van der Waals surface area contributed by atoms with Gasteiger partial charge in [0, 0.05) is 67.1 Å². The van der Waals surface area contributed by atoms with Gasteiger partial charge in [-0.25, -0.2) is 4.99 Å². The van der Waals surface area contributed by atoms with Crippen molar-refractivity contribution in [2.24, 2.45) is 39.7 Å². The molecule has 4 aliphatic rings. The summed E-state index contributed by atoms with van der Waals surface area (Å²) >= 11 is 0. The van der Waals surface area contributed by atoms with Crippen molar-refractivity contribution in [1.29, 1.82) is 0 Å². The second-order valence-corrected chi connectivity index (χ2v) is 17.8. The molecule has 2 bridgehead atoms. The standard InChI is InChI=1S/C44H63N5O10/c1-12-36-42(8,53)34-16-15-31(48-54-23-32-14-13-30(22-45-32)35-17-18-46-58-35)21-44(28(6)38(25(34)3)47-29(7)50)43(9,59-44)40(26(4)39(51)27(5)41(52)56-36)57-37-20-33(49(10)11)19-24(2)55-37/h13-14,17-18,22,24-28,33-34,36-37,40,53H,12,15-16,19-21,23H2,1-11H3/b47-38?,48-31+/t24-,25-,26+,27-,28+,33+,34-,36-,37+,40-,42+,43+,44?/m1/s1. The van der Waals surface area contributed by atoms with Crippen LogP contribution >= 0.6 is 0 Å². The highest BCUT2D eigenvalue weighted by molar-refractivity contribution is 6.01. The predicted molar refractivity (Wildman–Crippen MR) is 218 cm³/mol. The van der Waals surface area contributed by atoms with E-state index in [9.17, 15) is 19.5 Å². The summed E-state index contributed by atoms with van der Waals surface area (Å²) in [5, 5.41) is 21.0. The van der Waals surface area contributed by atoms with Gasteiger partial charge in [0.2, 0.25) is 5.91 Å². The van der Waals surface area contributed by atoms with Crippen molar-refractivity contribution in [1.82, 2.24) is 15.0 Å². The Hall–Kier alpha value is -3.89. The number of Topliss-reactive ketones (excluding diaryl/α,β-unsaturated/α-hetero) is 1. The van der Waals surface area contributed by atoms with E-state index < -0.39 is 76.8 Å². The summed E-state index contributed by atoms with van der Waals surface area (Å²) in [6.45, 7) is 16.2. The first kappa shape index (κ1) is 44.7. The molecular weight excluding hydrogens is 759 g/mol. The number of fused-ring (bicyclic) bond motifs is 3. The van der Waals surface area contributed by atoms with Gasteiger partial charge in [0.1, 0.15) is 34.9 Å². The number of aliphatic imine (C=N–C) groups is 1. The second-order valence-electron chi connectivity index (χ2n) is 17.8. The number of ketones is 1. The number of cyclic esters (lactones) is 1. The minimum absolute atomic E-state index is 0.0721. The lowest BCUT2D eigenvalue weighted by Gasteiger charge is -2.43. The minimum Gasteiger partial charge on any atom is -0.459 e. The van der Waals surface area contributed by atoms with Gasteiger partial charge in [0.25, 0.3) is 0 Å². The van der Waals surface area contributed by atoms with Crippen molar-refractivity contribution in [3.63, 3.8) is 0 Å². The van der Waals surface area contributed by atoms with Gasteiger partial charge in [0.05, 0.1) is 23.7 Å². The molecule has 0 radical (unpaired) electrons. The molecule has 1 spiro atoms. The van der Waals surface area contributed by atoms with Crippen molar-refractivity contribution in [2.45, 2.75) is 155 Å². The third-order valence-electron chi connectivity index (χ3n) is 13.6. The van der Waals surface area contributed by atoms with Gasteiger partial charge in [-0.05, 0) is 85.5 Å². The average Bonchev–Trinajstić information content (AvgIpc) is 3.47. The number of nitrogens with zero attached hydrogens (tertiary/aromatic N) is 5. The van der Waals surface area contributed by atoms with E-state index in [-0.39, 0.29) is 37.4 Å². The molecule has 1 saturated carbocycles. The number of aliphatic hydroxyl groups is 1. The van der Waals surface area contributed by atoms with Crippen LogP contribution in [-0.4, -0.2) is 111 Å². The molecule has 3 aliphatic heterocycles. The number of esters is 1. The normalized spacial score (nSPS) is 39.6. The number of pyridine rings is 1. The molecule has 1 N–H and O–H groups in total. The fraction of sp³-hybridized carbons (Fsp3) is 0.705. The van der Waals surface area contributed by atoms with Crippen LogP contribution in [0.25, 0.3) is 11.3 Å². The fourth-order valence-corrected chi connectivity index (χ4v) is 10.0. The Morgan fingerprint density at radius 1 is 1.07 bits per heavy atom. The van der Waals surface area contributed by atoms with E-state index in [0.717, 1.165) is 12.0 Å². The quantitative estimate of drug-likeness (QED) is 0.142. The second kappa shape index (κ2) is 17.6. The summed E-state index contributed by atoms with van der Waals surface area (Å²) in [6.07, 6.45) is 3.24. The van der Waals surface area contributed by atoms with Crippen LogP contribution in [0.15, 0.2) is 45.3 Å². The van der Waals surface area contributed by atoms with Crippen molar-refractivity contribution in [2.75, 3.05) is 14.1 Å². The maximum atomic E-state index is 14.5. The molecule has 5 heterocycles. The number of hydrogen-bond donors (Lipinski definition) is 1. The molecule has 0 aromatic carbocycles. The Labute approximate surface area is 347 Å². The van der Waals surface area contributed by atoms with Gasteiger partial charge in [-0.2, -0.15) is 0 Å². The number of aromatic nitrogens is 2. The molecular formula is C44H63N5O10. The van der Waals surface area contributed by atoms with E-state index in [1.165, 1.54) is 6.92 Å². The average molecular weight is 822 g/mol. The van der Waals surface area contributed by atoms with E-state index in [2.05, 4.69) is 20.0 Å². The van der Waals surface area contributed by atoms with Gasteiger partial charge in [0.15, 0.2) is 24.4 Å². The molecule has 2 aromatic rings. The van der Waals surface area contributed by atoms with Crippen LogP contribution < -0.4 is 0 Å². The summed E-state index contributed by atoms with van der Waals surface area (Å²) in [6, 6.07) is 5.62.